The minimum Gasteiger partial charge on any atom is -0.329 e. The van der Waals surface area contributed by atoms with E-state index in [4.69, 9.17) is 10.9 Å². The highest BCUT2D eigenvalue weighted by molar-refractivity contribution is 7.86. The van der Waals surface area contributed by atoms with Gasteiger partial charge in [0.05, 0.1) is 0 Å². The van der Waals surface area contributed by atoms with E-state index in [0.717, 1.165) is 4.31 Å². The van der Waals surface area contributed by atoms with Crippen molar-refractivity contribution < 1.29 is 8.42 Å². The van der Waals surface area contributed by atoms with Gasteiger partial charge in [0.1, 0.15) is 0 Å². The smallest absolute Gasteiger partial charge is 0.276 e. The van der Waals surface area contributed by atoms with Gasteiger partial charge in [-0.1, -0.05) is 6.92 Å². The number of hydrogen-bond donors (Lipinski definition) is 2. The van der Waals surface area contributed by atoms with Crippen molar-refractivity contribution in [3.05, 3.63) is 0 Å². The van der Waals surface area contributed by atoms with Crippen LogP contribution in [0, 0.1) is 0 Å². The van der Waals surface area contributed by atoms with Crippen molar-refractivity contribution in [2.45, 2.75) is 6.92 Å². The average Bonchev–Trinajstić information content (AvgIpc) is 1.80. The lowest BCUT2D eigenvalue weighted by Gasteiger charge is -2.15. The molecule has 10 heavy (non-hydrogen) atoms. The van der Waals surface area contributed by atoms with Gasteiger partial charge < -0.3 is 5.73 Å². The van der Waals surface area contributed by atoms with Crippen LogP contribution in [0.2, 0.25) is 0 Å². The van der Waals surface area contributed by atoms with E-state index in [9.17, 15) is 8.42 Å². The summed E-state index contributed by atoms with van der Waals surface area (Å²) in [5.74, 6) is 0. The van der Waals surface area contributed by atoms with Crippen LogP contribution in [-0.2, 0) is 10.2 Å². The first-order chi connectivity index (χ1) is 4.52. The van der Waals surface area contributed by atoms with E-state index in [1.54, 1.807) is 6.92 Å². The summed E-state index contributed by atoms with van der Waals surface area (Å²) >= 11 is 0. The van der Waals surface area contributed by atoms with E-state index >= 15 is 0 Å². The van der Waals surface area contributed by atoms with Crippen LogP contribution in [0.1, 0.15) is 6.92 Å². The van der Waals surface area contributed by atoms with Gasteiger partial charge in [-0.25, -0.2) is 5.14 Å². The molecule has 0 unspecified atom stereocenters. The minimum atomic E-state index is -3.52. The fourth-order valence-electron chi connectivity index (χ4n) is 0.609. The summed E-state index contributed by atoms with van der Waals surface area (Å²) in [5, 5.41) is 4.82. The largest absolute Gasteiger partial charge is 0.329 e. The zero-order valence-electron chi connectivity index (χ0n) is 5.95. The molecular weight excluding hydrogens is 154 g/mol. The molecule has 0 aromatic carbocycles. The molecular formula is C4H13N3O2S. The van der Waals surface area contributed by atoms with Crippen LogP contribution < -0.4 is 10.9 Å². The zero-order chi connectivity index (χ0) is 8.20. The van der Waals surface area contributed by atoms with Crippen LogP contribution in [0.4, 0.5) is 0 Å². The Labute approximate surface area is 61.2 Å². The third-order valence-electron chi connectivity index (χ3n) is 1.09. The van der Waals surface area contributed by atoms with Crippen LogP contribution in [0.25, 0.3) is 0 Å². The molecule has 62 valence electrons. The Morgan fingerprint density at radius 1 is 1.50 bits per heavy atom. The van der Waals surface area contributed by atoms with Crippen LogP contribution in [0.5, 0.6) is 0 Å². The summed E-state index contributed by atoms with van der Waals surface area (Å²) < 4.78 is 22.3. The van der Waals surface area contributed by atoms with Crippen molar-refractivity contribution in [3.63, 3.8) is 0 Å². The van der Waals surface area contributed by atoms with E-state index in [2.05, 4.69) is 0 Å². The lowest BCUT2D eigenvalue weighted by molar-refractivity contribution is 0.436. The summed E-state index contributed by atoms with van der Waals surface area (Å²) in [6.07, 6.45) is 0. The molecule has 0 spiro atoms. The first-order valence-electron chi connectivity index (χ1n) is 3.00. The Hall–Kier alpha value is -0.170. The third-order valence-corrected chi connectivity index (χ3v) is 2.25. The lowest BCUT2D eigenvalue weighted by atomic mass is 10.6. The molecule has 0 bridgehead atoms. The van der Waals surface area contributed by atoms with Gasteiger partial charge in [-0.05, 0) is 0 Å². The van der Waals surface area contributed by atoms with Gasteiger partial charge in [-0.2, -0.15) is 12.7 Å². The maximum absolute atomic E-state index is 10.6. The maximum Gasteiger partial charge on any atom is 0.276 e. The number of rotatable bonds is 4. The molecule has 0 fully saturated rings. The molecule has 0 rings (SSSR count). The van der Waals surface area contributed by atoms with Gasteiger partial charge in [0.15, 0.2) is 0 Å². The highest BCUT2D eigenvalue weighted by Crippen LogP contribution is 1.90. The monoisotopic (exact) mass is 167 g/mol. The van der Waals surface area contributed by atoms with Crippen molar-refractivity contribution in [1.82, 2.24) is 4.31 Å². The number of hydrogen-bond acceptors (Lipinski definition) is 3. The lowest BCUT2D eigenvalue weighted by Crippen LogP contribution is -2.39. The standard InChI is InChI=1S/C4H13N3O2S/c1-2-7(4-3-5)10(6,8)9/h2-5H2,1H3,(H2,6,8,9). The Bertz CT molecular complexity index is 177. The van der Waals surface area contributed by atoms with Crippen molar-refractivity contribution in [3.8, 4) is 0 Å². The molecule has 0 amide bonds. The molecule has 0 aliphatic carbocycles. The molecule has 0 atom stereocenters. The van der Waals surface area contributed by atoms with Crippen LogP contribution >= 0.6 is 0 Å². The van der Waals surface area contributed by atoms with Crippen molar-refractivity contribution in [2.75, 3.05) is 19.6 Å². The van der Waals surface area contributed by atoms with Gasteiger partial charge >= 0.3 is 0 Å². The maximum atomic E-state index is 10.6. The predicted molar refractivity (Wildman–Crippen MR) is 39.4 cm³/mol. The van der Waals surface area contributed by atoms with E-state index in [1.165, 1.54) is 0 Å². The highest BCUT2D eigenvalue weighted by atomic mass is 32.2. The second-order valence-corrected chi connectivity index (χ2v) is 3.37. The van der Waals surface area contributed by atoms with E-state index in [1.807, 2.05) is 0 Å². The number of likely N-dealkylation sites (N-methyl/N-ethyl adjacent to an activating group) is 1. The normalized spacial score (nSPS) is 12.4. The molecule has 0 heterocycles. The van der Waals surface area contributed by atoms with Gasteiger partial charge in [-0.3, -0.25) is 0 Å². The Balaban J connectivity index is 4.08. The van der Waals surface area contributed by atoms with Gasteiger partial charge in [0.2, 0.25) is 0 Å². The fraction of sp³-hybridized carbons (Fsp3) is 1.00. The molecule has 0 saturated heterocycles. The minimum absolute atomic E-state index is 0.287. The molecule has 0 aromatic rings. The molecule has 4 N–H and O–H groups in total. The Morgan fingerprint density at radius 3 is 2.10 bits per heavy atom. The fourth-order valence-corrected chi connectivity index (χ4v) is 1.33. The molecule has 5 nitrogen and oxygen atoms in total. The first-order valence-corrected chi connectivity index (χ1v) is 4.50. The average molecular weight is 167 g/mol. The molecule has 0 radical (unpaired) electrons. The summed E-state index contributed by atoms with van der Waals surface area (Å²) in [7, 11) is -3.52. The van der Waals surface area contributed by atoms with Crippen LogP contribution in [0.15, 0.2) is 0 Å². The highest BCUT2D eigenvalue weighted by Gasteiger charge is 2.12. The van der Waals surface area contributed by atoms with Crippen molar-refractivity contribution >= 4 is 10.2 Å². The number of nitrogens with two attached hydrogens (primary N) is 2. The SMILES string of the molecule is CCN(CCN)S(N)(=O)=O. The molecule has 0 saturated carbocycles. The quantitative estimate of drug-likeness (QED) is 0.532. The summed E-state index contributed by atoms with van der Waals surface area (Å²) in [4.78, 5) is 0. The summed E-state index contributed by atoms with van der Waals surface area (Å²) in [5.41, 5.74) is 5.14. The zero-order valence-corrected chi connectivity index (χ0v) is 6.76. The Morgan fingerprint density at radius 2 is 2.00 bits per heavy atom. The molecule has 0 aliphatic rings. The second kappa shape index (κ2) is 3.87. The third kappa shape index (κ3) is 3.11. The van der Waals surface area contributed by atoms with Crippen LogP contribution in [0.3, 0.4) is 0 Å². The van der Waals surface area contributed by atoms with Crippen molar-refractivity contribution in [1.29, 1.82) is 0 Å². The summed E-state index contributed by atoms with van der Waals surface area (Å²) in [6.45, 7) is 2.66. The summed E-state index contributed by atoms with van der Waals surface area (Å²) in [6, 6.07) is 0. The first kappa shape index (κ1) is 9.83. The number of nitrogens with zero attached hydrogens (tertiary/aromatic N) is 1. The topological polar surface area (TPSA) is 89.4 Å². The van der Waals surface area contributed by atoms with Gasteiger partial charge in [0.25, 0.3) is 10.2 Å². The molecule has 0 aliphatic heterocycles. The predicted octanol–water partition coefficient (Wildman–Crippen LogP) is -1.53. The van der Waals surface area contributed by atoms with E-state index in [-0.39, 0.29) is 6.54 Å². The van der Waals surface area contributed by atoms with Crippen LogP contribution in [-0.4, -0.2) is 32.4 Å². The van der Waals surface area contributed by atoms with Gasteiger partial charge in [0, 0.05) is 19.6 Å². The molecule has 6 heteroatoms. The van der Waals surface area contributed by atoms with E-state index < -0.39 is 10.2 Å². The Kier molecular flexibility index (Phi) is 3.80. The van der Waals surface area contributed by atoms with E-state index in [0.29, 0.717) is 13.1 Å². The second-order valence-electron chi connectivity index (χ2n) is 1.83. The van der Waals surface area contributed by atoms with Crippen molar-refractivity contribution in [2.24, 2.45) is 10.9 Å². The molecule has 0 aromatic heterocycles. The van der Waals surface area contributed by atoms with Gasteiger partial charge in [-0.15, -0.1) is 0 Å².